The third-order valence-corrected chi connectivity index (χ3v) is 2.22. The van der Waals surface area contributed by atoms with Crippen LogP contribution in [0.2, 0.25) is 0 Å². The average molecular weight is 208 g/mol. The Balaban J connectivity index is 2.31. The summed E-state index contributed by atoms with van der Waals surface area (Å²) >= 11 is 0. The monoisotopic (exact) mass is 208 g/mol. The lowest BCUT2D eigenvalue weighted by Crippen LogP contribution is -1.99. The van der Waals surface area contributed by atoms with Gasteiger partial charge >= 0.3 is 0 Å². The number of nitrogen functional groups attached to an aromatic ring is 2. The topological polar surface area (TPSA) is 61.3 Å². The van der Waals surface area contributed by atoms with Crippen LogP contribution in [0.15, 0.2) is 18.2 Å². The fourth-order valence-electron chi connectivity index (χ4n) is 1.45. The van der Waals surface area contributed by atoms with Gasteiger partial charge in [0.05, 0.1) is 6.61 Å². The van der Waals surface area contributed by atoms with E-state index in [4.69, 9.17) is 16.2 Å². The molecule has 0 aromatic heterocycles. The van der Waals surface area contributed by atoms with E-state index in [1.165, 1.54) is 19.3 Å². The normalized spacial score (nSPS) is 10.2. The Kier molecular flexibility index (Phi) is 4.81. The largest absolute Gasteiger partial charge is 0.493 e. The van der Waals surface area contributed by atoms with E-state index in [2.05, 4.69) is 6.92 Å². The van der Waals surface area contributed by atoms with E-state index in [0.717, 1.165) is 18.8 Å². The highest BCUT2D eigenvalue weighted by Gasteiger charge is 1.97. The van der Waals surface area contributed by atoms with Gasteiger partial charge in [0.15, 0.2) is 0 Å². The van der Waals surface area contributed by atoms with Crippen molar-refractivity contribution in [3.63, 3.8) is 0 Å². The number of benzene rings is 1. The maximum Gasteiger partial charge on any atom is 0.123 e. The summed E-state index contributed by atoms with van der Waals surface area (Å²) in [5.74, 6) is 0.768. The fraction of sp³-hybridized carbons (Fsp3) is 0.500. The van der Waals surface area contributed by atoms with E-state index >= 15 is 0 Å². The highest BCUT2D eigenvalue weighted by atomic mass is 16.5. The summed E-state index contributed by atoms with van der Waals surface area (Å²) in [6.45, 7) is 2.93. The Morgan fingerprint density at radius 2 is 1.67 bits per heavy atom. The second-order valence-electron chi connectivity index (χ2n) is 3.74. The van der Waals surface area contributed by atoms with Gasteiger partial charge in [0.1, 0.15) is 5.75 Å². The molecule has 0 amide bonds. The van der Waals surface area contributed by atoms with Crippen molar-refractivity contribution in [1.82, 2.24) is 0 Å². The molecule has 0 saturated heterocycles. The van der Waals surface area contributed by atoms with Gasteiger partial charge in [-0.2, -0.15) is 0 Å². The third-order valence-electron chi connectivity index (χ3n) is 2.22. The Hall–Kier alpha value is -1.38. The maximum atomic E-state index is 5.65. The quantitative estimate of drug-likeness (QED) is 0.558. The number of rotatable bonds is 6. The van der Waals surface area contributed by atoms with E-state index in [1.54, 1.807) is 18.2 Å². The molecule has 0 unspecified atom stereocenters. The first-order valence-electron chi connectivity index (χ1n) is 5.51. The minimum atomic E-state index is 0.651. The van der Waals surface area contributed by atoms with Gasteiger partial charge in [-0.1, -0.05) is 26.2 Å². The predicted octanol–water partition coefficient (Wildman–Crippen LogP) is 2.81. The molecule has 0 aliphatic rings. The predicted molar refractivity (Wildman–Crippen MR) is 64.9 cm³/mol. The van der Waals surface area contributed by atoms with Crippen molar-refractivity contribution in [3.8, 4) is 5.75 Å². The van der Waals surface area contributed by atoms with Crippen molar-refractivity contribution in [2.24, 2.45) is 0 Å². The van der Waals surface area contributed by atoms with Gasteiger partial charge in [-0.3, -0.25) is 0 Å². The molecule has 4 N–H and O–H groups in total. The molecule has 15 heavy (non-hydrogen) atoms. The van der Waals surface area contributed by atoms with Crippen molar-refractivity contribution in [2.45, 2.75) is 32.6 Å². The number of anilines is 2. The van der Waals surface area contributed by atoms with Crippen LogP contribution in [-0.4, -0.2) is 6.61 Å². The van der Waals surface area contributed by atoms with Crippen molar-refractivity contribution in [3.05, 3.63) is 18.2 Å². The summed E-state index contributed by atoms with van der Waals surface area (Å²) in [7, 11) is 0. The number of hydrogen-bond donors (Lipinski definition) is 2. The first kappa shape index (κ1) is 11.7. The summed E-state index contributed by atoms with van der Waals surface area (Å²) < 4.78 is 5.55. The minimum Gasteiger partial charge on any atom is -0.493 e. The van der Waals surface area contributed by atoms with Crippen molar-refractivity contribution < 1.29 is 4.74 Å². The van der Waals surface area contributed by atoms with E-state index in [0.29, 0.717) is 11.4 Å². The Morgan fingerprint density at radius 3 is 2.27 bits per heavy atom. The van der Waals surface area contributed by atoms with Crippen molar-refractivity contribution >= 4 is 11.4 Å². The molecule has 0 aliphatic carbocycles. The summed E-state index contributed by atoms with van der Waals surface area (Å²) in [6, 6.07) is 5.33. The lowest BCUT2D eigenvalue weighted by atomic mass is 10.2. The van der Waals surface area contributed by atoms with Crippen LogP contribution in [-0.2, 0) is 0 Å². The van der Waals surface area contributed by atoms with Crippen LogP contribution in [0.5, 0.6) is 5.75 Å². The summed E-state index contributed by atoms with van der Waals surface area (Å²) in [4.78, 5) is 0. The third kappa shape index (κ3) is 4.58. The Bertz CT molecular complexity index is 279. The molecule has 0 bridgehead atoms. The molecule has 0 aliphatic heterocycles. The number of nitrogens with two attached hydrogens (primary N) is 2. The lowest BCUT2D eigenvalue weighted by molar-refractivity contribution is 0.305. The van der Waals surface area contributed by atoms with Crippen LogP contribution in [0.25, 0.3) is 0 Å². The van der Waals surface area contributed by atoms with Crippen LogP contribution < -0.4 is 16.2 Å². The lowest BCUT2D eigenvalue weighted by Gasteiger charge is -2.07. The van der Waals surface area contributed by atoms with E-state index in [-0.39, 0.29) is 0 Å². The fourth-order valence-corrected chi connectivity index (χ4v) is 1.45. The van der Waals surface area contributed by atoms with E-state index in [1.807, 2.05) is 0 Å². The van der Waals surface area contributed by atoms with Gasteiger partial charge in [0.25, 0.3) is 0 Å². The zero-order valence-corrected chi connectivity index (χ0v) is 9.33. The second kappa shape index (κ2) is 6.17. The van der Waals surface area contributed by atoms with E-state index in [9.17, 15) is 0 Å². The molecule has 0 saturated carbocycles. The van der Waals surface area contributed by atoms with Crippen molar-refractivity contribution in [2.75, 3.05) is 18.1 Å². The standard InChI is InChI=1S/C12H20N2O/c1-2-3-4-5-6-15-12-8-10(13)7-11(14)9-12/h7-9H,2-6,13-14H2,1H3. The van der Waals surface area contributed by atoms with E-state index < -0.39 is 0 Å². The summed E-state index contributed by atoms with van der Waals surface area (Å²) in [5, 5.41) is 0. The molecule has 1 aromatic rings. The molecule has 1 rings (SSSR count). The van der Waals surface area contributed by atoms with Crippen LogP contribution in [0.3, 0.4) is 0 Å². The van der Waals surface area contributed by atoms with Crippen molar-refractivity contribution in [1.29, 1.82) is 0 Å². The van der Waals surface area contributed by atoms with Gasteiger partial charge in [0.2, 0.25) is 0 Å². The smallest absolute Gasteiger partial charge is 0.123 e. The zero-order valence-electron chi connectivity index (χ0n) is 9.33. The molecule has 0 fully saturated rings. The molecule has 84 valence electrons. The zero-order chi connectivity index (χ0) is 11.1. The van der Waals surface area contributed by atoms with Crippen LogP contribution >= 0.6 is 0 Å². The van der Waals surface area contributed by atoms with Gasteiger partial charge in [-0.05, 0) is 12.5 Å². The molecule has 0 radical (unpaired) electrons. The average Bonchev–Trinajstić information content (AvgIpc) is 2.16. The van der Waals surface area contributed by atoms with Crippen LogP contribution in [0.1, 0.15) is 32.6 Å². The Labute approximate surface area is 91.4 Å². The molecule has 0 spiro atoms. The van der Waals surface area contributed by atoms with Gasteiger partial charge < -0.3 is 16.2 Å². The van der Waals surface area contributed by atoms with Crippen LogP contribution in [0.4, 0.5) is 11.4 Å². The summed E-state index contributed by atoms with van der Waals surface area (Å²) in [6.07, 6.45) is 4.81. The van der Waals surface area contributed by atoms with Gasteiger partial charge in [-0.25, -0.2) is 0 Å². The minimum absolute atomic E-state index is 0.651. The second-order valence-corrected chi connectivity index (χ2v) is 3.74. The van der Waals surface area contributed by atoms with Gasteiger partial charge in [0, 0.05) is 23.5 Å². The molecular formula is C12H20N2O. The number of unbranched alkanes of at least 4 members (excludes halogenated alkanes) is 3. The molecular weight excluding hydrogens is 188 g/mol. The highest BCUT2D eigenvalue weighted by molar-refractivity contribution is 5.56. The molecule has 3 nitrogen and oxygen atoms in total. The molecule has 0 heterocycles. The van der Waals surface area contributed by atoms with Gasteiger partial charge in [-0.15, -0.1) is 0 Å². The first-order valence-corrected chi connectivity index (χ1v) is 5.51. The molecule has 0 atom stereocenters. The summed E-state index contributed by atoms with van der Waals surface area (Å²) in [5.41, 5.74) is 12.6. The number of hydrogen-bond acceptors (Lipinski definition) is 3. The highest BCUT2D eigenvalue weighted by Crippen LogP contribution is 2.20. The maximum absolute atomic E-state index is 5.65. The molecule has 1 aromatic carbocycles. The molecule has 3 heteroatoms. The number of ether oxygens (including phenoxy) is 1. The Morgan fingerprint density at radius 1 is 1.00 bits per heavy atom. The first-order chi connectivity index (χ1) is 7.22. The SMILES string of the molecule is CCCCCCOc1cc(N)cc(N)c1. The van der Waals surface area contributed by atoms with Crippen LogP contribution in [0, 0.1) is 0 Å².